The number of hydrogen-bond donors (Lipinski definition) is 0. The Bertz CT molecular complexity index is 11.6. The van der Waals surface area contributed by atoms with Crippen LogP contribution in [-0.4, -0.2) is 0 Å². The van der Waals surface area contributed by atoms with Gasteiger partial charge >= 0.3 is 22.1 Å². The topological polar surface area (TPSA) is 0 Å². The summed E-state index contributed by atoms with van der Waals surface area (Å²) in [5.41, 5.74) is 0. The maximum atomic E-state index is 2.62. The quantitative estimate of drug-likeness (QED) is 0.547. The Labute approximate surface area is 72.1 Å². The monoisotopic (exact) mass is 243 g/mol. The van der Waals surface area contributed by atoms with Gasteiger partial charge in [0, 0.05) is 50.6 Å². The van der Waals surface area contributed by atoms with Gasteiger partial charge in [0.2, 0.25) is 0 Å². The zero-order valence-electron chi connectivity index (χ0n) is 2.40. The van der Waals surface area contributed by atoms with E-state index in [2.05, 4.69) is 16.3 Å². The second-order valence-corrected chi connectivity index (χ2v) is 0. The van der Waals surface area contributed by atoms with Gasteiger partial charge in [-0.1, -0.05) is 0 Å². The molecule has 0 N–H and O–H groups in total. The normalized spacial score (nSPS) is 1.00. The van der Waals surface area contributed by atoms with Gasteiger partial charge in [-0.25, -0.2) is 0 Å². The van der Waals surface area contributed by atoms with E-state index in [9.17, 15) is 0 Å². The summed E-state index contributed by atoms with van der Waals surface area (Å²) in [6, 6.07) is 0. The van der Waals surface area contributed by atoms with Crippen molar-refractivity contribution < 1.29 is 66.9 Å². The zero-order valence-corrected chi connectivity index (χ0v) is 6.79. The Hall–Kier alpha value is 2.06. The van der Waals surface area contributed by atoms with Crippen molar-refractivity contribution in [3.8, 4) is 0 Å². The third-order valence-electron chi connectivity index (χ3n) is 0. The van der Waals surface area contributed by atoms with E-state index in [4.69, 9.17) is 0 Å². The van der Waals surface area contributed by atoms with Gasteiger partial charge < -0.3 is 0 Å². The Morgan fingerprint density at radius 2 is 1.20 bits per heavy atom. The Balaban J connectivity index is -0.00000000167. The Morgan fingerprint density at radius 3 is 1.20 bits per heavy atom. The molecule has 0 aliphatic carbocycles. The molecule has 0 saturated heterocycles. The molecule has 5 heavy (non-hydrogen) atoms. The molecule has 41 valence electrons. The Kier molecular flexibility index (Phi) is 202. The van der Waals surface area contributed by atoms with E-state index >= 15 is 0 Å². The van der Waals surface area contributed by atoms with Gasteiger partial charge in [0.25, 0.3) is 0 Å². The summed E-state index contributed by atoms with van der Waals surface area (Å²) in [5.74, 6) is 1.88. The van der Waals surface area contributed by atoms with E-state index in [0.717, 1.165) is 0 Å². The third-order valence-corrected chi connectivity index (χ3v) is 0. The summed E-state index contributed by atoms with van der Waals surface area (Å²) in [6.07, 6.45) is 0. The molecule has 0 aromatic carbocycles. The van der Waals surface area contributed by atoms with E-state index in [1.54, 1.807) is 0 Å². The molecule has 0 amide bonds. The fraction of sp³-hybridized carbons (Fsp3) is 1.00. The van der Waals surface area contributed by atoms with Crippen molar-refractivity contribution in [2.75, 3.05) is 0 Å². The molecular weight excluding hydrogens is 241 g/mol. The van der Waals surface area contributed by atoms with E-state index in [0.29, 0.717) is 0 Å². The van der Waals surface area contributed by atoms with Gasteiger partial charge in [-0.2, -0.15) is 0 Å². The standard InChI is InChI=1S/CH3.Cr.Cu.Mn.Ni/h1H3;;;;. The SMILES string of the molecule is [CH3][Cr].[Cu].[Mn].[Ni]. The Morgan fingerprint density at radius 1 is 1.20 bits per heavy atom. The molecular formula is CH3CrCuMnNi. The van der Waals surface area contributed by atoms with Crippen LogP contribution in [0.15, 0.2) is 0 Å². The average Bonchev–Trinajstić information content (AvgIpc) is 1.00. The van der Waals surface area contributed by atoms with Crippen LogP contribution in [0.3, 0.4) is 0 Å². The molecule has 0 aliphatic heterocycles. The first-order valence-electron chi connectivity index (χ1n) is 0.408. The van der Waals surface area contributed by atoms with Crippen LogP contribution in [0.1, 0.15) is 0 Å². The molecule has 0 bridgehead atoms. The molecule has 0 heterocycles. The van der Waals surface area contributed by atoms with E-state index in [1.165, 1.54) is 0 Å². The summed E-state index contributed by atoms with van der Waals surface area (Å²) in [7, 11) is 0. The zero-order chi connectivity index (χ0) is 2.00. The second-order valence-electron chi connectivity index (χ2n) is 0. The number of hydrogen-bond acceptors (Lipinski definition) is 0. The molecule has 0 unspecified atom stereocenters. The van der Waals surface area contributed by atoms with E-state index in [-0.39, 0.29) is 50.6 Å². The first-order valence-corrected chi connectivity index (χ1v) is 1.68. The fourth-order valence-electron chi connectivity index (χ4n) is 0. The maximum Gasteiger partial charge on any atom is 0 e. The van der Waals surface area contributed by atoms with Gasteiger partial charge in [0.1, 0.15) is 0 Å². The molecule has 0 saturated carbocycles. The first-order chi connectivity index (χ1) is 1.00. The van der Waals surface area contributed by atoms with Crippen molar-refractivity contribution in [1.29, 1.82) is 0 Å². The van der Waals surface area contributed by atoms with E-state index in [1.807, 2.05) is 5.79 Å². The van der Waals surface area contributed by atoms with E-state index < -0.39 is 0 Å². The predicted molar refractivity (Wildman–Crippen MR) is 5.86 cm³/mol. The minimum Gasteiger partial charge on any atom is 0 e. The van der Waals surface area contributed by atoms with Gasteiger partial charge in [0.05, 0.1) is 0 Å². The van der Waals surface area contributed by atoms with Gasteiger partial charge in [-0.05, 0) is 0 Å². The van der Waals surface area contributed by atoms with Crippen molar-refractivity contribution in [3.05, 3.63) is 0 Å². The summed E-state index contributed by atoms with van der Waals surface area (Å²) in [4.78, 5) is 0. The van der Waals surface area contributed by atoms with Crippen LogP contribution in [-0.2, 0) is 66.9 Å². The summed E-state index contributed by atoms with van der Waals surface area (Å²) < 4.78 is 0. The molecule has 0 atom stereocenters. The third kappa shape index (κ3) is 23.5. The van der Waals surface area contributed by atoms with Crippen LogP contribution in [0.25, 0.3) is 0 Å². The smallest absolute Gasteiger partial charge is 0 e. The van der Waals surface area contributed by atoms with Crippen LogP contribution in [0.5, 0.6) is 0 Å². The number of rotatable bonds is 0. The van der Waals surface area contributed by atoms with Gasteiger partial charge in [-0.15, -0.1) is 0 Å². The minimum absolute atomic E-state index is 0. The molecule has 0 aromatic heterocycles. The van der Waals surface area contributed by atoms with Crippen molar-refractivity contribution in [2.45, 2.75) is 5.79 Å². The second kappa shape index (κ2) is 36.5. The fourth-order valence-corrected chi connectivity index (χ4v) is 0. The first kappa shape index (κ1) is 27.7. The maximum absolute atomic E-state index is 2.62. The van der Waals surface area contributed by atoms with Crippen molar-refractivity contribution in [1.82, 2.24) is 0 Å². The molecule has 0 fully saturated rings. The van der Waals surface area contributed by atoms with Crippen molar-refractivity contribution in [2.24, 2.45) is 0 Å². The summed E-state index contributed by atoms with van der Waals surface area (Å²) in [6.45, 7) is 0. The molecule has 4 heteroatoms. The molecule has 0 rings (SSSR count). The van der Waals surface area contributed by atoms with Crippen molar-refractivity contribution >= 4 is 0 Å². The van der Waals surface area contributed by atoms with Crippen molar-refractivity contribution in [3.63, 3.8) is 0 Å². The molecule has 0 aromatic rings. The van der Waals surface area contributed by atoms with Crippen LogP contribution in [0, 0.1) is 0 Å². The predicted octanol–water partition coefficient (Wildman–Crippen LogP) is 0.574. The van der Waals surface area contributed by atoms with Gasteiger partial charge in [-0.3, -0.25) is 0 Å². The molecule has 0 aliphatic rings. The summed E-state index contributed by atoms with van der Waals surface area (Å²) >= 11 is 2.62. The van der Waals surface area contributed by atoms with Gasteiger partial charge in [0.15, 0.2) is 0 Å². The summed E-state index contributed by atoms with van der Waals surface area (Å²) in [5, 5.41) is 0. The van der Waals surface area contributed by atoms with Crippen LogP contribution in [0.4, 0.5) is 0 Å². The van der Waals surface area contributed by atoms with Crippen LogP contribution >= 0.6 is 0 Å². The largest absolute Gasteiger partial charge is 0 e. The minimum atomic E-state index is 0. The molecule has 0 nitrogen and oxygen atoms in total. The average molecular weight is 244 g/mol. The molecule has 2 radical (unpaired) electrons. The molecule has 0 spiro atoms. The van der Waals surface area contributed by atoms with Crippen LogP contribution < -0.4 is 0 Å². The van der Waals surface area contributed by atoms with Crippen LogP contribution in [0.2, 0.25) is 5.79 Å².